The molecule has 0 aliphatic heterocycles. The number of hydrogen-bond acceptors (Lipinski definition) is 2. The van der Waals surface area contributed by atoms with Crippen LogP contribution in [0.1, 0.15) is 81.1 Å². The van der Waals surface area contributed by atoms with Crippen molar-refractivity contribution in [2.75, 3.05) is 0 Å². The van der Waals surface area contributed by atoms with E-state index in [4.69, 9.17) is 0 Å². The van der Waals surface area contributed by atoms with Crippen LogP contribution >= 0.6 is 11.3 Å². The maximum absolute atomic E-state index is 10.1. The molecule has 0 amide bonds. The van der Waals surface area contributed by atoms with Gasteiger partial charge < -0.3 is 5.11 Å². The van der Waals surface area contributed by atoms with Crippen LogP contribution in [0.3, 0.4) is 0 Å². The maximum atomic E-state index is 10.1. The van der Waals surface area contributed by atoms with Crippen molar-refractivity contribution < 1.29 is 5.11 Å². The molecule has 1 unspecified atom stereocenters. The van der Waals surface area contributed by atoms with Crippen LogP contribution in [-0.2, 0) is 6.42 Å². The summed E-state index contributed by atoms with van der Waals surface area (Å²) in [7, 11) is 0. The first kappa shape index (κ1) is 15.7. The lowest BCUT2D eigenvalue weighted by Gasteiger charge is -2.08. The third kappa shape index (κ3) is 6.01. The summed E-state index contributed by atoms with van der Waals surface area (Å²) in [6, 6.07) is 4.24. The van der Waals surface area contributed by atoms with E-state index in [1.165, 1.54) is 43.4 Å². The molecule has 0 aliphatic rings. The van der Waals surface area contributed by atoms with Gasteiger partial charge in [-0.2, -0.15) is 0 Å². The first-order valence-corrected chi connectivity index (χ1v) is 8.36. The molecule has 0 radical (unpaired) electrons. The third-order valence-corrected chi connectivity index (χ3v) is 4.77. The SMILES string of the molecule is CCCCCCCCCC(O)c1ccc(CC)s1. The second kappa shape index (κ2) is 9.57. The van der Waals surface area contributed by atoms with Crippen molar-refractivity contribution in [2.45, 2.75) is 77.7 Å². The molecule has 0 saturated heterocycles. The van der Waals surface area contributed by atoms with E-state index in [0.717, 1.165) is 24.1 Å². The monoisotopic (exact) mass is 268 g/mol. The summed E-state index contributed by atoms with van der Waals surface area (Å²) in [5.41, 5.74) is 0. The van der Waals surface area contributed by atoms with Crippen LogP contribution < -0.4 is 0 Å². The Morgan fingerprint density at radius 1 is 1.00 bits per heavy atom. The Hall–Kier alpha value is -0.340. The van der Waals surface area contributed by atoms with Crippen molar-refractivity contribution in [3.63, 3.8) is 0 Å². The highest BCUT2D eigenvalue weighted by atomic mass is 32.1. The Bertz CT molecular complexity index is 306. The summed E-state index contributed by atoms with van der Waals surface area (Å²) >= 11 is 1.77. The molecular weight excluding hydrogens is 240 g/mol. The van der Waals surface area contributed by atoms with Gasteiger partial charge in [-0.15, -0.1) is 11.3 Å². The van der Waals surface area contributed by atoms with Gasteiger partial charge in [-0.3, -0.25) is 0 Å². The smallest absolute Gasteiger partial charge is 0.0882 e. The summed E-state index contributed by atoms with van der Waals surface area (Å²) in [5.74, 6) is 0. The van der Waals surface area contributed by atoms with Gasteiger partial charge in [0.2, 0.25) is 0 Å². The zero-order valence-electron chi connectivity index (χ0n) is 12.0. The Morgan fingerprint density at radius 2 is 1.67 bits per heavy atom. The minimum absolute atomic E-state index is 0.231. The number of thiophene rings is 1. The quantitative estimate of drug-likeness (QED) is 0.557. The van der Waals surface area contributed by atoms with E-state index in [-0.39, 0.29) is 6.10 Å². The molecule has 1 heterocycles. The zero-order chi connectivity index (χ0) is 13.2. The van der Waals surface area contributed by atoms with Crippen LogP contribution in [0.2, 0.25) is 0 Å². The number of rotatable bonds is 10. The average molecular weight is 268 g/mol. The van der Waals surface area contributed by atoms with E-state index in [1.807, 2.05) is 0 Å². The normalized spacial score (nSPS) is 12.8. The Kier molecular flexibility index (Phi) is 8.36. The molecule has 1 atom stereocenters. The van der Waals surface area contributed by atoms with Gasteiger partial charge in [0.1, 0.15) is 0 Å². The van der Waals surface area contributed by atoms with Gasteiger partial charge in [-0.05, 0) is 25.0 Å². The van der Waals surface area contributed by atoms with Gasteiger partial charge in [0, 0.05) is 9.75 Å². The molecule has 0 aliphatic carbocycles. The van der Waals surface area contributed by atoms with Crippen molar-refractivity contribution in [1.82, 2.24) is 0 Å². The predicted molar refractivity (Wildman–Crippen MR) is 81.3 cm³/mol. The minimum Gasteiger partial charge on any atom is -0.388 e. The van der Waals surface area contributed by atoms with Crippen molar-refractivity contribution in [2.24, 2.45) is 0 Å². The number of unbranched alkanes of at least 4 members (excludes halogenated alkanes) is 6. The van der Waals surface area contributed by atoms with Gasteiger partial charge in [-0.1, -0.05) is 58.8 Å². The van der Waals surface area contributed by atoms with E-state index in [0.29, 0.717) is 0 Å². The number of aryl methyl sites for hydroxylation is 1. The lowest BCUT2D eigenvalue weighted by atomic mass is 10.1. The van der Waals surface area contributed by atoms with Crippen molar-refractivity contribution >= 4 is 11.3 Å². The molecule has 2 heteroatoms. The highest BCUT2D eigenvalue weighted by Gasteiger charge is 2.09. The predicted octanol–water partition coefficient (Wildman–Crippen LogP) is 5.48. The molecule has 1 nitrogen and oxygen atoms in total. The van der Waals surface area contributed by atoms with Crippen molar-refractivity contribution in [1.29, 1.82) is 0 Å². The summed E-state index contributed by atoms with van der Waals surface area (Å²) in [5, 5.41) is 10.1. The molecule has 1 N–H and O–H groups in total. The topological polar surface area (TPSA) is 20.2 Å². The highest BCUT2D eigenvalue weighted by molar-refractivity contribution is 7.12. The average Bonchev–Trinajstić information content (AvgIpc) is 2.86. The van der Waals surface area contributed by atoms with E-state index >= 15 is 0 Å². The van der Waals surface area contributed by atoms with Crippen LogP contribution in [0.15, 0.2) is 12.1 Å². The second-order valence-electron chi connectivity index (χ2n) is 5.08. The molecule has 0 spiro atoms. The first-order chi connectivity index (χ1) is 8.77. The van der Waals surface area contributed by atoms with Gasteiger partial charge >= 0.3 is 0 Å². The number of aliphatic hydroxyl groups excluding tert-OH is 1. The van der Waals surface area contributed by atoms with Crippen LogP contribution in [0.5, 0.6) is 0 Å². The molecule has 0 aromatic carbocycles. The van der Waals surface area contributed by atoms with Gasteiger partial charge in [0.05, 0.1) is 6.10 Å². The number of aliphatic hydroxyl groups is 1. The lowest BCUT2D eigenvalue weighted by Crippen LogP contribution is -1.94. The van der Waals surface area contributed by atoms with Crippen LogP contribution in [-0.4, -0.2) is 5.11 Å². The molecule has 0 fully saturated rings. The molecule has 0 saturated carbocycles. The molecule has 1 rings (SSSR count). The summed E-state index contributed by atoms with van der Waals surface area (Å²) in [6.45, 7) is 4.42. The van der Waals surface area contributed by atoms with Gasteiger partial charge in [-0.25, -0.2) is 0 Å². The maximum Gasteiger partial charge on any atom is 0.0882 e. The standard InChI is InChI=1S/C16H28OS/c1-3-5-6-7-8-9-10-11-15(17)16-13-12-14(4-2)18-16/h12-13,15,17H,3-11H2,1-2H3. The zero-order valence-corrected chi connectivity index (χ0v) is 12.8. The Labute approximate surface area is 116 Å². The van der Waals surface area contributed by atoms with Crippen LogP contribution in [0, 0.1) is 0 Å². The van der Waals surface area contributed by atoms with Gasteiger partial charge in [0.15, 0.2) is 0 Å². The minimum atomic E-state index is -0.231. The summed E-state index contributed by atoms with van der Waals surface area (Å²) in [6.07, 6.45) is 11.0. The molecule has 1 aromatic rings. The largest absolute Gasteiger partial charge is 0.388 e. The fraction of sp³-hybridized carbons (Fsp3) is 0.750. The third-order valence-electron chi connectivity index (χ3n) is 3.44. The molecular formula is C16H28OS. The fourth-order valence-corrected chi connectivity index (χ4v) is 3.17. The molecule has 18 heavy (non-hydrogen) atoms. The lowest BCUT2D eigenvalue weighted by molar-refractivity contribution is 0.167. The Morgan fingerprint density at radius 3 is 2.28 bits per heavy atom. The van der Waals surface area contributed by atoms with E-state index in [2.05, 4.69) is 26.0 Å². The van der Waals surface area contributed by atoms with E-state index in [1.54, 1.807) is 11.3 Å². The Balaban J connectivity index is 2.08. The van der Waals surface area contributed by atoms with E-state index in [9.17, 15) is 5.11 Å². The second-order valence-corrected chi connectivity index (χ2v) is 6.28. The van der Waals surface area contributed by atoms with Crippen molar-refractivity contribution in [3.8, 4) is 0 Å². The summed E-state index contributed by atoms with van der Waals surface area (Å²) in [4.78, 5) is 2.53. The molecule has 104 valence electrons. The summed E-state index contributed by atoms with van der Waals surface area (Å²) < 4.78 is 0. The molecule has 0 bridgehead atoms. The number of hydrogen-bond donors (Lipinski definition) is 1. The van der Waals surface area contributed by atoms with Crippen LogP contribution in [0.4, 0.5) is 0 Å². The van der Waals surface area contributed by atoms with Crippen molar-refractivity contribution in [3.05, 3.63) is 21.9 Å². The first-order valence-electron chi connectivity index (χ1n) is 7.54. The van der Waals surface area contributed by atoms with Crippen LogP contribution in [0.25, 0.3) is 0 Å². The van der Waals surface area contributed by atoms with Gasteiger partial charge in [0.25, 0.3) is 0 Å². The molecule has 1 aromatic heterocycles. The van der Waals surface area contributed by atoms with E-state index < -0.39 is 0 Å². The fourth-order valence-electron chi connectivity index (χ4n) is 2.20. The highest BCUT2D eigenvalue weighted by Crippen LogP contribution is 2.27.